The zero-order valence-electron chi connectivity index (χ0n) is 13.3. The molecule has 0 aliphatic rings. The van der Waals surface area contributed by atoms with Gasteiger partial charge in [0.25, 0.3) is 5.91 Å². The summed E-state index contributed by atoms with van der Waals surface area (Å²) in [7, 11) is -2.05. The largest absolute Gasteiger partial charge is 0.385 e. The summed E-state index contributed by atoms with van der Waals surface area (Å²) in [5, 5.41) is 2.76. The van der Waals surface area contributed by atoms with E-state index in [9.17, 15) is 13.2 Å². The van der Waals surface area contributed by atoms with Gasteiger partial charge in [-0.05, 0) is 37.5 Å². The second kappa shape index (κ2) is 8.87. The van der Waals surface area contributed by atoms with Gasteiger partial charge in [-0.1, -0.05) is 13.0 Å². The van der Waals surface area contributed by atoms with Crippen molar-refractivity contribution < 1.29 is 17.9 Å². The minimum atomic E-state index is -3.62. The van der Waals surface area contributed by atoms with Crippen molar-refractivity contribution in [1.29, 1.82) is 0 Å². The van der Waals surface area contributed by atoms with Gasteiger partial charge < -0.3 is 10.1 Å². The van der Waals surface area contributed by atoms with Crippen LogP contribution < -0.4 is 10.0 Å². The van der Waals surface area contributed by atoms with Crippen LogP contribution in [0.3, 0.4) is 0 Å². The Morgan fingerprint density at radius 2 is 2.00 bits per heavy atom. The monoisotopic (exact) mass is 328 g/mol. The first-order valence-electron chi connectivity index (χ1n) is 7.29. The van der Waals surface area contributed by atoms with Gasteiger partial charge in [0, 0.05) is 32.4 Å². The lowest BCUT2D eigenvalue weighted by atomic mass is 10.1. The smallest absolute Gasteiger partial charge is 0.251 e. The summed E-state index contributed by atoms with van der Waals surface area (Å²) in [4.78, 5) is 12.2. The minimum absolute atomic E-state index is 0.0946. The lowest BCUT2D eigenvalue weighted by molar-refractivity contribution is 0.0953. The summed E-state index contributed by atoms with van der Waals surface area (Å²) in [6.45, 7) is 5.08. The molecule has 0 aromatic heterocycles. The Kier molecular flexibility index (Phi) is 7.50. The molecule has 1 amide bonds. The maximum atomic E-state index is 12.2. The number of methoxy groups -OCH3 is 1. The Bertz CT molecular complexity index is 600. The van der Waals surface area contributed by atoms with Gasteiger partial charge in [0.1, 0.15) is 0 Å². The molecule has 0 saturated heterocycles. The molecule has 6 nitrogen and oxygen atoms in total. The summed E-state index contributed by atoms with van der Waals surface area (Å²) in [6, 6.07) is 4.56. The molecule has 0 radical (unpaired) electrons. The Hall–Kier alpha value is -1.44. The summed E-state index contributed by atoms with van der Waals surface area (Å²) < 4.78 is 31.8. The number of carbonyl (C=O) groups excluding carboxylic acids is 1. The van der Waals surface area contributed by atoms with Crippen molar-refractivity contribution in [2.24, 2.45) is 0 Å². The highest BCUT2D eigenvalue weighted by Crippen LogP contribution is 2.15. The molecule has 0 bridgehead atoms. The van der Waals surface area contributed by atoms with Gasteiger partial charge in [-0.2, -0.15) is 0 Å². The number of hydrogen-bond acceptors (Lipinski definition) is 4. The summed E-state index contributed by atoms with van der Waals surface area (Å²) in [6.07, 6.45) is 1.41. The molecule has 0 atom stereocenters. The molecule has 1 aromatic rings. The molecule has 2 N–H and O–H groups in total. The van der Waals surface area contributed by atoms with Crippen molar-refractivity contribution in [3.8, 4) is 0 Å². The van der Waals surface area contributed by atoms with Crippen LogP contribution in [0.5, 0.6) is 0 Å². The van der Waals surface area contributed by atoms with Crippen LogP contribution in [0.1, 0.15) is 35.7 Å². The van der Waals surface area contributed by atoms with E-state index in [1.54, 1.807) is 20.1 Å². The third kappa shape index (κ3) is 5.40. The maximum Gasteiger partial charge on any atom is 0.251 e. The average molecular weight is 328 g/mol. The summed E-state index contributed by atoms with van der Waals surface area (Å²) >= 11 is 0. The van der Waals surface area contributed by atoms with Gasteiger partial charge in [-0.25, -0.2) is 13.1 Å². The van der Waals surface area contributed by atoms with E-state index in [4.69, 9.17) is 4.74 Å². The van der Waals surface area contributed by atoms with E-state index in [0.717, 1.165) is 12.0 Å². The first kappa shape index (κ1) is 18.6. The van der Waals surface area contributed by atoms with Gasteiger partial charge in [0.15, 0.2) is 0 Å². The molecule has 124 valence electrons. The first-order chi connectivity index (χ1) is 10.4. The molecule has 7 heteroatoms. The highest BCUT2D eigenvalue weighted by Gasteiger charge is 2.17. The number of aryl methyl sites for hydroxylation is 1. The van der Waals surface area contributed by atoms with Gasteiger partial charge in [0.2, 0.25) is 10.0 Å². The zero-order valence-corrected chi connectivity index (χ0v) is 14.1. The number of ether oxygens (including phenoxy) is 1. The summed E-state index contributed by atoms with van der Waals surface area (Å²) in [5.74, 6) is -0.254. The molecular weight excluding hydrogens is 304 g/mol. The van der Waals surface area contributed by atoms with Crippen molar-refractivity contribution >= 4 is 15.9 Å². The quantitative estimate of drug-likeness (QED) is 0.672. The Morgan fingerprint density at radius 1 is 1.27 bits per heavy atom. The van der Waals surface area contributed by atoms with E-state index in [-0.39, 0.29) is 10.8 Å². The third-order valence-electron chi connectivity index (χ3n) is 3.12. The normalized spacial score (nSPS) is 11.4. The number of rotatable bonds is 9. The van der Waals surface area contributed by atoms with Gasteiger partial charge >= 0.3 is 0 Å². The van der Waals surface area contributed by atoms with Crippen LogP contribution in [0.4, 0.5) is 0 Å². The van der Waals surface area contributed by atoms with E-state index in [1.165, 1.54) is 12.1 Å². The number of nitrogens with one attached hydrogen (secondary N) is 2. The van der Waals surface area contributed by atoms with Crippen molar-refractivity contribution in [1.82, 2.24) is 10.0 Å². The standard InChI is InChI=1S/C15H24N2O4S/c1-4-8-16-15(18)14-11-13(7-6-12(14)2)22(19,20)17-9-5-10-21-3/h6-7,11,17H,4-5,8-10H2,1-3H3,(H,16,18). The third-order valence-corrected chi connectivity index (χ3v) is 4.58. The fraction of sp³-hybridized carbons (Fsp3) is 0.533. The zero-order chi connectivity index (χ0) is 16.6. The second-order valence-electron chi connectivity index (χ2n) is 4.98. The van der Waals surface area contributed by atoms with Crippen molar-refractivity contribution in [2.75, 3.05) is 26.8 Å². The van der Waals surface area contributed by atoms with Crippen LogP contribution in [0.2, 0.25) is 0 Å². The predicted octanol–water partition coefficient (Wildman–Crippen LogP) is 1.45. The van der Waals surface area contributed by atoms with E-state index in [2.05, 4.69) is 10.0 Å². The highest BCUT2D eigenvalue weighted by atomic mass is 32.2. The van der Waals surface area contributed by atoms with Gasteiger partial charge in [-0.3, -0.25) is 4.79 Å². The Labute approximate surface area is 132 Å². The number of sulfonamides is 1. The summed E-state index contributed by atoms with van der Waals surface area (Å²) in [5.41, 5.74) is 1.13. The fourth-order valence-corrected chi connectivity index (χ4v) is 2.95. The Balaban J connectivity index is 2.89. The van der Waals surface area contributed by atoms with Crippen LogP contribution in [0.15, 0.2) is 23.1 Å². The van der Waals surface area contributed by atoms with Crippen LogP contribution in [0.25, 0.3) is 0 Å². The second-order valence-corrected chi connectivity index (χ2v) is 6.74. The Morgan fingerprint density at radius 3 is 2.64 bits per heavy atom. The van der Waals surface area contributed by atoms with Crippen molar-refractivity contribution in [3.05, 3.63) is 29.3 Å². The number of amides is 1. The lowest BCUT2D eigenvalue weighted by Gasteiger charge is -2.11. The molecule has 0 heterocycles. The van der Waals surface area contributed by atoms with E-state index in [1.807, 2.05) is 6.92 Å². The number of hydrogen-bond donors (Lipinski definition) is 2. The maximum absolute atomic E-state index is 12.2. The van der Waals surface area contributed by atoms with Gasteiger partial charge in [0.05, 0.1) is 4.90 Å². The number of benzene rings is 1. The lowest BCUT2D eigenvalue weighted by Crippen LogP contribution is -2.27. The van der Waals surface area contributed by atoms with Crippen LogP contribution in [0, 0.1) is 6.92 Å². The fourth-order valence-electron chi connectivity index (χ4n) is 1.85. The molecule has 0 fully saturated rings. The molecule has 0 aliphatic carbocycles. The van der Waals surface area contributed by atoms with Crippen LogP contribution >= 0.6 is 0 Å². The number of carbonyl (C=O) groups is 1. The molecule has 0 aliphatic heterocycles. The minimum Gasteiger partial charge on any atom is -0.385 e. The van der Waals surface area contributed by atoms with Crippen molar-refractivity contribution in [2.45, 2.75) is 31.6 Å². The van der Waals surface area contributed by atoms with E-state index >= 15 is 0 Å². The molecule has 22 heavy (non-hydrogen) atoms. The highest BCUT2D eigenvalue weighted by molar-refractivity contribution is 7.89. The van der Waals surface area contributed by atoms with Crippen LogP contribution in [-0.2, 0) is 14.8 Å². The topological polar surface area (TPSA) is 84.5 Å². The predicted molar refractivity (Wildman–Crippen MR) is 85.5 cm³/mol. The van der Waals surface area contributed by atoms with Crippen LogP contribution in [-0.4, -0.2) is 41.1 Å². The molecular formula is C15H24N2O4S. The average Bonchev–Trinajstić information content (AvgIpc) is 2.49. The van der Waals surface area contributed by atoms with Gasteiger partial charge in [-0.15, -0.1) is 0 Å². The van der Waals surface area contributed by atoms with E-state index in [0.29, 0.717) is 31.7 Å². The molecule has 0 spiro atoms. The van der Waals surface area contributed by atoms with E-state index < -0.39 is 10.0 Å². The molecule has 1 rings (SSSR count). The first-order valence-corrected chi connectivity index (χ1v) is 8.78. The molecule has 0 saturated carbocycles. The SMILES string of the molecule is CCCNC(=O)c1cc(S(=O)(=O)NCCCOC)ccc1C. The van der Waals surface area contributed by atoms with Crippen molar-refractivity contribution in [3.63, 3.8) is 0 Å². The molecule has 1 aromatic carbocycles. The molecule has 0 unspecified atom stereocenters.